The molecule has 1 fully saturated rings. The predicted molar refractivity (Wildman–Crippen MR) is 84.0 cm³/mol. The molecule has 1 aromatic heterocycles. The Labute approximate surface area is 124 Å². The fourth-order valence-electron chi connectivity index (χ4n) is 2.75. The Morgan fingerprint density at radius 1 is 1.25 bits per heavy atom. The van der Waals surface area contributed by atoms with Crippen molar-refractivity contribution in [3.63, 3.8) is 0 Å². The van der Waals surface area contributed by atoms with Crippen molar-refractivity contribution in [1.29, 1.82) is 0 Å². The molecular formula is C16H20ClNO2. The van der Waals surface area contributed by atoms with Crippen LogP contribution in [0.4, 0.5) is 0 Å². The highest BCUT2D eigenvalue weighted by molar-refractivity contribution is 5.85. The minimum atomic E-state index is 0. The summed E-state index contributed by atoms with van der Waals surface area (Å²) in [6.45, 7) is 4.09. The molecule has 0 aliphatic carbocycles. The average molecular weight is 294 g/mol. The first-order valence-corrected chi connectivity index (χ1v) is 7.05. The summed E-state index contributed by atoms with van der Waals surface area (Å²) in [5, 5.41) is 4.04. The van der Waals surface area contributed by atoms with Crippen LogP contribution in [0.1, 0.15) is 37.0 Å². The first-order chi connectivity index (χ1) is 9.28. The Morgan fingerprint density at radius 3 is 2.70 bits per heavy atom. The second kappa shape index (κ2) is 6.42. The van der Waals surface area contributed by atoms with Gasteiger partial charge in [0, 0.05) is 12.0 Å². The van der Waals surface area contributed by atoms with Crippen LogP contribution in [-0.4, -0.2) is 13.1 Å². The zero-order valence-electron chi connectivity index (χ0n) is 11.6. The molecule has 1 saturated heterocycles. The van der Waals surface area contributed by atoms with Crippen molar-refractivity contribution < 1.29 is 4.42 Å². The molecular weight excluding hydrogens is 274 g/mol. The largest absolute Gasteiger partial charge is 0.461 e. The van der Waals surface area contributed by atoms with Gasteiger partial charge >= 0.3 is 0 Å². The lowest BCUT2D eigenvalue weighted by molar-refractivity contribution is 0.392. The topological polar surface area (TPSA) is 42.2 Å². The summed E-state index contributed by atoms with van der Waals surface area (Å²) in [5.41, 5.74) is 1.98. The van der Waals surface area contributed by atoms with Gasteiger partial charge in [0.05, 0.1) is 5.39 Å². The fraction of sp³-hybridized carbons (Fsp3) is 0.438. The lowest BCUT2D eigenvalue weighted by atomic mass is 9.95. The first-order valence-electron chi connectivity index (χ1n) is 7.05. The number of piperidine rings is 1. The highest BCUT2D eigenvalue weighted by Gasteiger charge is 2.18. The van der Waals surface area contributed by atoms with E-state index in [1.54, 1.807) is 6.07 Å². The van der Waals surface area contributed by atoms with Crippen LogP contribution in [0.15, 0.2) is 33.5 Å². The Bertz CT molecular complexity index is 644. The highest BCUT2D eigenvalue weighted by Crippen LogP contribution is 2.26. The number of rotatable bonds is 2. The van der Waals surface area contributed by atoms with Crippen molar-refractivity contribution in [2.45, 2.75) is 32.1 Å². The van der Waals surface area contributed by atoms with Gasteiger partial charge in [0.1, 0.15) is 11.3 Å². The first kappa shape index (κ1) is 15.1. The van der Waals surface area contributed by atoms with Gasteiger partial charge in [-0.2, -0.15) is 0 Å². The van der Waals surface area contributed by atoms with E-state index in [0.29, 0.717) is 11.3 Å². The Kier molecular flexibility index (Phi) is 4.84. The molecule has 0 atom stereocenters. The average Bonchev–Trinajstić information content (AvgIpc) is 2.48. The molecule has 20 heavy (non-hydrogen) atoms. The van der Waals surface area contributed by atoms with E-state index in [1.807, 2.05) is 18.2 Å². The SMILES string of the molecule is CCc1ccc2oc(C3CCNCC3)cc(=O)c2c1.Cl. The van der Waals surface area contributed by atoms with Gasteiger partial charge in [0.2, 0.25) is 0 Å². The molecule has 0 radical (unpaired) electrons. The van der Waals surface area contributed by atoms with Crippen LogP contribution in [0.25, 0.3) is 11.0 Å². The van der Waals surface area contributed by atoms with E-state index in [2.05, 4.69) is 12.2 Å². The Balaban J connectivity index is 0.00000147. The highest BCUT2D eigenvalue weighted by atomic mass is 35.5. The van der Waals surface area contributed by atoms with E-state index in [1.165, 1.54) is 5.56 Å². The zero-order chi connectivity index (χ0) is 13.2. The van der Waals surface area contributed by atoms with Gasteiger partial charge in [-0.15, -0.1) is 12.4 Å². The quantitative estimate of drug-likeness (QED) is 0.924. The molecule has 1 aromatic carbocycles. The van der Waals surface area contributed by atoms with Crippen molar-refractivity contribution in [3.05, 3.63) is 45.8 Å². The summed E-state index contributed by atoms with van der Waals surface area (Å²) in [5.74, 6) is 1.23. The van der Waals surface area contributed by atoms with E-state index in [4.69, 9.17) is 4.42 Å². The number of nitrogens with one attached hydrogen (secondary N) is 1. The number of halogens is 1. The van der Waals surface area contributed by atoms with E-state index in [0.717, 1.165) is 43.7 Å². The molecule has 108 valence electrons. The molecule has 0 spiro atoms. The third-order valence-corrected chi connectivity index (χ3v) is 3.96. The molecule has 2 aromatic rings. The number of fused-ring (bicyclic) bond motifs is 1. The maximum atomic E-state index is 12.2. The molecule has 0 bridgehead atoms. The van der Waals surface area contributed by atoms with Crippen LogP contribution in [0.2, 0.25) is 0 Å². The van der Waals surface area contributed by atoms with E-state index in [9.17, 15) is 4.79 Å². The lowest BCUT2D eigenvalue weighted by Gasteiger charge is -2.21. The molecule has 1 aliphatic heterocycles. The maximum Gasteiger partial charge on any atom is 0.192 e. The third-order valence-electron chi connectivity index (χ3n) is 3.96. The number of benzene rings is 1. The summed E-state index contributed by atoms with van der Waals surface area (Å²) in [4.78, 5) is 12.2. The van der Waals surface area contributed by atoms with Gasteiger partial charge in [0.15, 0.2) is 5.43 Å². The van der Waals surface area contributed by atoms with E-state index in [-0.39, 0.29) is 17.8 Å². The van der Waals surface area contributed by atoms with Crippen LogP contribution in [0.3, 0.4) is 0 Å². The van der Waals surface area contributed by atoms with Crippen LogP contribution in [0, 0.1) is 0 Å². The summed E-state index contributed by atoms with van der Waals surface area (Å²) in [6.07, 6.45) is 3.02. The standard InChI is InChI=1S/C16H19NO2.ClH/c1-2-11-3-4-15-13(9-11)14(18)10-16(19-15)12-5-7-17-8-6-12;/h3-4,9-10,12,17H,2,5-8H2,1H3;1H. The van der Waals surface area contributed by atoms with Crippen molar-refractivity contribution in [3.8, 4) is 0 Å². The van der Waals surface area contributed by atoms with Crippen molar-refractivity contribution in [2.24, 2.45) is 0 Å². The third kappa shape index (κ3) is 2.89. The van der Waals surface area contributed by atoms with Crippen molar-refractivity contribution >= 4 is 23.4 Å². The molecule has 1 N–H and O–H groups in total. The van der Waals surface area contributed by atoms with E-state index >= 15 is 0 Å². The van der Waals surface area contributed by atoms with Gasteiger partial charge in [-0.25, -0.2) is 0 Å². The van der Waals surface area contributed by atoms with Crippen LogP contribution < -0.4 is 10.7 Å². The second-order valence-electron chi connectivity index (χ2n) is 5.22. The summed E-state index contributed by atoms with van der Waals surface area (Å²) in [6, 6.07) is 7.61. The molecule has 0 amide bonds. The van der Waals surface area contributed by atoms with Gasteiger partial charge in [-0.3, -0.25) is 4.79 Å². The monoisotopic (exact) mass is 293 g/mol. The fourth-order valence-corrected chi connectivity index (χ4v) is 2.75. The Hall–Kier alpha value is -1.32. The second-order valence-corrected chi connectivity index (χ2v) is 5.22. The summed E-state index contributed by atoms with van der Waals surface area (Å²) < 4.78 is 5.95. The van der Waals surface area contributed by atoms with Gasteiger partial charge < -0.3 is 9.73 Å². The normalized spacial score (nSPS) is 16.1. The number of hydrogen-bond acceptors (Lipinski definition) is 3. The number of aryl methyl sites for hydroxylation is 1. The number of hydrogen-bond donors (Lipinski definition) is 1. The van der Waals surface area contributed by atoms with Gasteiger partial charge in [0.25, 0.3) is 0 Å². The molecule has 0 unspecified atom stereocenters. The maximum absolute atomic E-state index is 12.2. The minimum absolute atomic E-state index is 0. The summed E-state index contributed by atoms with van der Waals surface area (Å²) in [7, 11) is 0. The van der Waals surface area contributed by atoms with E-state index < -0.39 is 0 Å². The molecule has 3 rings (SSSR count). The zero-order valence-corrected chi connectivity index (χ0v) is 12.5. The van der Waals surface area contributed by atoms with Crippen LogP contribution in [0.5, 0.6) is 0 Å². The molecule has 2 heterocycles. The summed E-state index contributed by atoms with van der Waals surface area (Å²) >= 11 is 0. The van der Waals surface area contributed by atoms with Gasteiger partial charge in [-0.05, 0) is 50.0 Å². The minimum Gasteiger partial charge on any atom is -0.461 e. The van der Waals surface area contributed by atoms with Crippen molar-refractivity contribution in [1.82, 2.24) is 5.32 Å². The molecule has 0 saturated carbocycles. The van der Waals surface area contributed by atoms with Crippen LogP contribution in [-0.2, 0) is 6.42 Å². The van der Waals surface area contributed by atoms with Crippen LogP contribution >= 0.6 is 12.4 Å². The Morgan fingerprint density at radius 2 is 2.00 bits per heavy atom. The smallest absolute Gasteiger partial charge is 0.192 e. The predicted octanol–water partition coefficient (Wildman–Crippen LogP) is 3.24. The van der Waals surface area contributed by atoms with Gasteiger partial charge in [-0.1, -0.05) is 13.0 Å². The van der Waals surface area contributed by atoms with Crippen molar-refractivity contribution in [2.75, 3.05) is 13.1 Å². The molecule has 3 nitrogen and oxygen atoms in total. The lowest BCUT2D eigenvalue weighted by Crippen LogP contribution is -2.27. The molecule has 1 aliphatic rings. The molecule has 4 heteroatoms.